The third-order valence-corrected chi connectivity index (χ3v) is 8.73. The molecule has 2 aliphatic heterocycles. The van der Waals surface area contributed by atoms with Crippen molar-refractivity contribution in [1.82, 2.24) is 20.9 Å². The number of halogens is 1. The van der Waals surface area contributed by atoms with Crippen LogP contribution in [0, 0.1) is 17.8 Å². The van der Waals surface area contributed by atoms with Gasteiger partial charge in [0, 0.05) is 32.2 Å². The highest BCUT2D eigenvalue weighted by Gasteiger charge is 2.51. The maximum absolute atomic E-state index is 14.5. The maximum Gasteiger partial charge on any atom is 0.250 e. The quantitative estimate of drug-likeness (QED) is 0.415. The second kappa shape index (κ2) is 11.8. The minimum absolute atomic E-state index is 0.0216. The average Bonchev–Trinajstić information content (AvgIpc) is 3.58. The Morgan fingerprint density at radius 3 is 2.49 bits per heavy atom. The van der Waals surface area contributed by atoms with Crippen molar-refractivity contribution < 1.29 is 32.0 Å². The molecule has 10 nitrogen and oxygen atoms in total. The molecule has 1 aromatic rings. The normalized spacial score (nSPS) is 26.5. The maximum atomic E-state index is 14.5. The molecule has 3 aliphatic rings. The number of carbonyl (C=O) groups is 4. The lowest BCUT2D eigenvalue weighted by atomic mass is 9.92. The Bertz CT molecular complexity index is 1250. The largest absolute Gasteiger partial charge is 0.356 e. The molecule has 6 atom stereocenters. The summed E-state index contributed by atoms with van der Waals surface area (Å²) in [5, 5.41) is 6.75. The Morgan fingerprint density at radius 1 is 1.15 bits per heavy atom. The van der Waals surface area contributed by atoms with Gasteiger partial charge in [0.15, 0.2) is 0 Å². The van der Waals surface area contributed by atoms with Crippen LogP contribution >= 0.6 is 0 Å². The van der Waals surface area contributed by atoms with E-state index in [1.165, 1.54) is 11.8 Å². The number of nitrogens with zero attached hydrogens (tertiary/aromatic N) is 1. The van der Waals surface area contributed by atoms with Gasteiger partial charge in [-0.15, -0.1) is 0 Å². The summed E-state index contributed by atoms with van der Waals surface area (Å²) in [4.78, 5) is 53.3. The summed E-state index contributed by atoms with van der Waals surface area (Å²) in [5.41, 5.74) is 0.581. The monoisotopic (exact) mass is 562 g/mol. The molecular formula is C27H35FN4O6S. The molecule has 3 fully saturated rings. The van der Waals surface area contributed by atoms with Gasteiger partial charge in [-0.25, -0.2) is 8.42 Å². The van der Waals surface area contributed by atoms with Crippen molar-refractivity contribution in [2.45, 2.75) is 57.2 Å². The summed E-state index contributed by atoms with van der Waals surface area (Å²) in [6.45, 7) is 2.10. The van der Waals surface area contributed by atoms with Crippen LogP contribution in [0.3, 0.4) is 0 Å². The van der Waals surface area contributed by atoms with Crippen LogP contribution in [-0.4, -0.2) is 68.4 Å². The molecule has 0 unspecified atom stereocenters. The SMILES string of the molecule is CC(=O)N[C@H](C(=O)N1C[C@H]2CCC[C@H]2[C@H]1C(=O)N[C@H](/C=C(/F)S(C)(=O)=O)C[C@H]1CCNC1=O)c1ccccc1. The van der Waals surface area contributed by atoms with Crippen molar-refractivity contribution in [2.75, 3.05) is 19.3 Å². The average molecular weight is 563 g/mol. The number of likely N-dealkylation sites (tertiary alicyclic amines) is 1. The summed E-state index contributed by atoms with van der Waals surface area (Å²) in [6, 6.07) is 5.83. The highest BCUT2D eigenvalue weighted by molar-refractivity contribution is 7.94. The van der Waals surface area contributed by atoms with Crippen LogP contribution in [0.5, 0.6) is 0 Å². The molecule has 3 N–H and O–H groups in total. The Hall–Kier alpha value is -3.28. The van der Waals surface area contributed by atoms with E-state index in [1.54, 1.807) is 30.3 Å². The first-order valence-corrected chi connectivity index (χ1v) is 15.1. The van der Waals surface area contributed by atoms with E-state index in [-0.39, 0.29) is 24.2 Å². The van der Waals surface area contributed by atoms with Crippen LogP contribution in [0.25, 0.3) is 0 Å². The Morgan fingerprint density at radius 2 is 1.87 bits per heavy atom. The zero-order valence-electron chi connectivity index (χ0n) is 22.1. The van der Waals surface area contributed by atoms with Crippen molar-refractivity contribution in [1.29, 1.82) is 0 Å². The fraction of sp³-hybridized carbons (Fsp3) is 0.556. The van der Waals surface area contributed by atoms with E-state index in [4.69, 9.17) is 0 Å². The van der Waals surface area contributed by atoms with Crippen molar-refractivity contribution in [3.8, 4) is 0 Å². The van der Waals surface area contributed by atoms with Gasteiger partial charge < -0.3 is 20.9 Å². The molecule has 2 saturated heterocycles. The van der Waals surface area contributed by atoms with Crippen LogP contribution < -0.4 is 16.0 Å². The molecule has 0 bridgehead atoms. The van der Waals surface area contributed by atoms with Gasteiger partial charge in [0.25, 0.3) is 5.91 Å². The molecule has 0 radical (unpaired) electrons. The van der Waals surface area contributed by atoms with Crippen molar-refractivity contribution in [3.05, 3.63) is 47.1 Å². The first-order chi connectivity index (χ1) is 18.5. The second-order valence-electron chi connectivity index (χ2n) is 10.7. The summed E-state index contributed by atoms with van der Waals surface area (Å²) >= 11 is 0. The van der Waals surface area contributed by atoms with E-state index in [0.29, 0.717) is 25.1 Å². The lowest BCUT2D eigenvalue weighted by molar-refractivity contribution is -0.142. The molecular weight excluding hydrogens is 527 g/mol. The van der Waals surface area contributed by atoms with E-state index >= 15 is 0 Å². The van der Waals surface area contributed by atoms with Crippen LogP contribution in [0.4, 0.5) is 4.39 Å². The zero-order valence-corrected chi connectivity index (χ0v) is 22.9. The summed E-state index contributed by atoms with van der Waals surface area (Å²) in [7, 11) is -4.15. The molecule has 39 heavy (non-hydrogen) atoms. The molecule has 0 spiro atoms. The van der Waals surface area contributed by atoms with E-state index in [9.17, 15) is 32.0 Å². The summed E-state index contributed by atoms with van der Waals surface area (Å²) < 4.78 is 38.1. The van der Waals surface area contributed by atoms with E-state index in [1.807, 2.05) is 0 Å². The lowest BCUT2D eigenvalue weighted by Crippen LogP contribution is -2.53. The molecule has 212 valence electrons. The standard InChI is InChI=1S/C27H35FN4O6S/c1-16(33)30-23(17-7-4-3-5-8-17)27(36)32-15-19-9-6-10-21(19)24(32)26(35)31-20(14-22(28)39(2,37)38)13-18-11-12-29-25(18)34/h3-5,7-8,14,18-21,23-24H,6,9-13,15H2,1-2H3,(H,29,34)(H,30,33)(H,31,35)/b22-14-/t18-,19-,20+,21-,23+,24+/m1/s1. The minimum Gasteiger partial charge on any atom is -0.356 e. The number of amides is 4. The van der Waals surface area contributed by atoms with E-state index in [2.05, 4.69) is 16.0 Å². The highest BCUT2D eigenvalue weighted by atomic mass is 32.2. The van der Waals surface area contributed by atoms with Crippen molar-refractivity contribution >= 4 is 33.5 Å². The number of nitrogens with one attached hydrogen (secondary N) is 3. The molecule has 1 aromatic carbocycles. The minimum atomic E-state index is -4.15. The van der Waals surface area contributed by atoms with Crippen molar-refractivity contribution in [2.24, 2.45) is 17.8 Å². The third kappa shape index (κ3) is 6.66. The number of benzene rings is 1. The van der Waals surface area contributed by atoms with E-state index in [0.717, 1.165) is 31.6 Å². The molecule has 1 saturated carbocycles. The topological polar surface area (TPSA) is 142 Å². The first kappa shape index (κ1) is 28.7. The summed E-state index contributed by atoms with van der Waals surface area (Å²) in [6.07, 6.45) is 4.54. The van der Waals surface area contributed by atoms with Gasteiger partial charge in [-0.2, -0.15) is 4.39 Å². The Labute approximate surface area is 227 Å². The molecule has 2 heterocycles. The van der Waals surface area contributed by atoms with Gasteiger partial charge in [0.05, 0.1) is 6.04 Å². The smallest absolute Gasteiger partial charge is 0.250 e. The molecule has 4 amide bonds. The van der Waals surface area contributed by atoms with Gasteiger partial charge in [-0.05, 0) is 49.2 Å². The number of hydrogen-bond donors (Lipinski definition) is 3. The van der Waals surface area contributed by atoms with E-state index < -0.39 is 56.8 Å². The Balaban J connectivity index is 1.62. The molecule has 4 rings (SSSR count). The second-order valence-corrected chi connectivity index (χ2v) is 12.6. The van der Waals surface area contributed by atoms with Crippen LogP contribution in [-0.2, 0) is 29.0 Å². The first-order valence-electron chi connectivity index (χ1n) is 13.2. The van der Waals surface area contributed by atoms with Gasteiger partial charge in [0.1, 0.15) is 12.1 Å². The summed E-state index contributed by atoms with van der Waals surface area (Å²) in [5.74, 6) is -2.13. The van der Waals surface area contributed by atoms with Crippen LogP contribution in [0.2, 0.25) is 0 Å². The number of sulfone groups is 1. The van der Waals surface area contributed by atoms with Gasteiger partial charge >= 0.3 is 0 Å². The molecule has 12 heteroatoms. The van der Waals surface area contributed by atoms with Crippen LogP contribution in [0.15, 0.2) is 41.6 Å². The molecule has 1 aliphatic carbocycles. The Kier molecular flexibility index (Phi) is 8.73. The number of rotatable bonds is 9. The fourth-order valence-corrected chi connectivity index (χ4v) is 6.48. The third-order valence-electron chi connectivity index (χ3n) is 7.88. The van der Waals surface area contributed by atoms with Gasteiger partial charge in [-0.3, -0.25) is 19.2 Å². The van der Waals surface area contributed by atoms with Gasteiger partial charge in [0.2, 0.25) is 32.7 Å². The number of hydrogen-bond acceptors (Lipinski definition) is 6. The number of fused-ring (bicyclic) bond motifs is 1. The lowest BCUT2D eigenvalue weighted by Gasteiger charge is -2.32. The van der Waals surface area contributed by atoms with Crippen LogP contribution in [0.1, 0.15) is 50.6 Å². The highest BCUT2D eigenvalue weighted by Crippen LogP contribution is 2.43. The predicted molar refractivity (Wildman–Crippen MR) is 141 cm³/mol. The fourth-order valence-electron chi connectivity index (χ4n) is 6.07. The molecule has 0 aromatic heterocycles. The number of carbonyl (C=O) groups excluding carboxylic acids is 4. The van der Waals surface area contributed by atoms with Gasteiger partial charge in [-0.1, -0.05) is 36.8 Å². The predicted octanol–water partition coefficient (Wildman–Crippen LogP) is 1.36. The van der Waals surface area contributed by atoms with Crippen molar-refractivity contribution in [3.63, 3.8) is 0 Å². The zero-order chi connectivity index (χ0) is 28.3.